The summed E-state index contributed by atoms with van der Waals surface area (Å²) >= 11 is 0. The van der Waals surface area contributed by atoms with Crippen molar-refractivity contribution in [3.8, 4) is 0 Å². The van der Waals surface area contributed by atoms with E-state index in [1.807, 2.05) is 13.8 Å². The van der Waals surface area contributed by atoms with E-state index in [2.05, 4.69) is 15.8 Å². The van der Waals surface area contributed by atoms with Crippen molar-refractivity contribution < 1.29 is 26.7 Å². The lowest BCUT2D eigenvalue weighted by Gasteiger charge is -2.31. The summed E-state index contributed by atoms with van der Waals surface area (Å²) in [5, 5.41) is 8.42. The number of nitrogens with zero attached hydrogens (tertiary/aromatic N) is 4. The van der Waals surface area contributed by atoms with Crippen LogP contribution >= 0.6 is 0 Å². The Bertz CT molecular complexity index is 1470. The van der Waals surface area contributed by atoms with Gasteiger partial charge in [-0.15, -0.1) is 0 Å². The molecule has 0 unspecified atom stereocenters. The predicted octanol–water partition coefficient (Wildman–Crippen LogP) is 5.44. The molecule has 1 saturated heterocycles. The number of piperidine rings is 1. The van der Waals surface area contributed by atoms with E-state index < -0.39 is 23.6 Å². The number of anilines is 2. The fraction of sp³-hybridized carbons (Fsp3) is 0.379. The number of hydrazine groups is 1. The molecule has 42 heavy (non-hydrogen) atoms. The van der Waals surface area contributed by atoms with Crippen molar-refractivity contribution in [2.45, 2.75) is 45.3 Å². The first-order valence-corrected chi connectivity index (χ1v) is 13.3. The number of nitrogens with one attached hydrogen (secondary N) is 2. The third-order valence-corrected chi connectivity index (χ3v) is 7.36. The van der Waals surface area contributed by atoms with Gasteiger partial charge in [0.05, 0.1) is 23.1 Å². The van der Waals surface area contributed by atoms with Crippen molar-refractivity contribution in [3.05, 3.63) is 82.3 Å². The molecule has 13 heteroatoms. The van der Waals surface area contributed by atoms with Crippen LogP contribution in [0.4, 0.5) is 33.3 Å². The summed E-state index contributed by atoms with van der Waals surface area (Å²) in [4.78, 5) is 14.9. The van der Waals surface area contributed by atoms with Crippen molar-refractivity contribution in [2.24, 2.45) is 12.8 Å². The average molecular weight is 592 g/mol. The molecule has 0 atom stereocenters. The zero-order chi connectivity index (χ0) is 30.8. The van der Waals surface area contributed by atoms with Crippen LogP contribution in [0.25, 0.3) is 5.70 Å². The van der Waals surface area contributed by atoms with E-state index in [1.165, 1.54) is 6.07 Å². The fourth-order valence-electron chi connectivity index (χ4n) is 4.77. The summed E-state index contributed by atoms with van der Waals surface area (Å²) in [6.07, 6.45) is -2.05. The first kappa shape index (κ1) is 31.0. The number of hydrogen-bond donors (Lipinski definition) is 3. The minimum absolute atomic E-state index is 0.0454. The highest BCUT2D eigenvalue weighted by atomic mass is 19.4. The van der Waals surface area contributed by atoms with E-state index in [9.17, 15) is 26.7 Å². The smallest absolute Gasteiger partial charge is 0.397 e. The number of benzene rings is 2. The number of amides is 1. The Balaban J connectivity index is 1.58. The van der Waals surface area contributed by atoms with Crippen LogP contribution in [0.3, 0.4) is 0 Å². The van der Waals surface area contributed by atoms with Gasteiger partial charge in [0, 0.05) is 75.3 Å². The number of carbonyl (C=O) groups is 1. The van der Waals surface area contributed by atoms with Crippen LogP contribution in [0.2, 0.25) is 0 Å². The Morgan fingerprint density at radius 2 is 1.83 bits per heavy atom. The fourth-order valence-corrected chi connectivity index (χ4v) is 4.77. The number of hydrogen-bond acceptors (Lipinski definition) is 6. The normalized spacial score (nSPS) is 16.0. The molecule has 1 aromatic heterocycles. The topological polar surface area (TPSA) is 91.5 Å². The van der Waals surface area contributed by atoms with Crippen molar-refractivity contribution in [1.82, 2.24) is 20.1 Å². The van der Waals surface area contributed by atoms with Gasteiger partial charge in [-0.1, -0.05) is 6.07 Å². The molecule has 226 valence electrons. The van der Waals surface area contributed by atoms with Crippen LogP contribution in [-0.2, 0) is 19.8 Å². The number of aryl methyl sites for hydroxylation is 2. The molecule has 0 spiro atoms. The van der Waals surface area contributed by atoms with Gasteiger partial charge in [-0.25, -0.2) is 14.2 Å². The summed E-state index contributed by atoms with van der Waals surface area (Å²) in [5.74, 6) is -3.38. The van der Waals surface area contributed by atoms with Crippen LogP contribution in [0.15, 0.2) is 48.8 Å². The molecule has 1 fully saturated rings. The monoisotopic (exact) mass is 591 g/mol. The van der Waals surface area contributed by atoms with Crippen LogP contribution < -0.4 is 21.5 Å². The zero-order valence-electron chi connectivity index (χ0n) is 23.8. The van der Waals surface area contributed by atoms with E-state index in [0.29, 0.717) is 11.4 Å². The first-order valence-electron chi connectivity index (χ1n) is 13.3. The largest absolute Gasteiger partial charge is 0.416 e. The zero-order valence-corrected chi connectivity index (χ0v) is 23.8. The Morgan fingerprint density at radius 1 is 1.14 bits per heavy atom. The molecule has 0 saturated carbocycles. The summed E-state index contributed by atoms with van der Waals surface area (Å²) < 4.78 is 69.9. The van der Waals surface area contributed by atoms with E-state index in [1.54, 1.807) is 59.3 Å². The molecule has 2 aromatic carbocycles. The van der Waals surface area contributed by atoms with Crippen LogP contribution in [0.5, 0.6) is 0 Å². The van der Waals surface area contributed by atoms with Gasteiger partial charge >= 0.3 is 6.18 Å². The number of aromatic nitrogens is 2. The molecule has 3 aromatic rings. The quantitative estimate of drug-likeness (QED) is 0.239. The summed E-state index contributed by atoms with van der Waals surface area (Å²) in [6.45, 7) is 3.92. The molecular weight excluding hydrogens is 557 g/mol. The van der Waals surface area contributed by atoms with E-state index in [4.69, 9.17) is 5.73 Å². The third kappa shape index (κ3) is 7.26. The maximum Gasteiger partial charge on any atom is 0.416 e. The molecule has 2 heterocycles. The minimum Gasteiger partial charge on any atom is -0.397 e. The van der Waals surface area contributed by atoms with Gasteiger partial charge < -0.3 is 11.1 Å². The molecule has 1 aliphatic heterocycles. The Labute approximate surface area is 240 Å². The minimum atomic E-state index is -4.66. The highest BCUT2D eigenvalue weighted by molar-refractivity contribution is 6.05. The van der Waals surface area contributed by atoms with Gasteiger partial charge in [-0.3, -0.25) is 19.4 Å². The molecule has 1 amide bonds. The van der Waals surface area contributed by atoms with Crippen molar-refractivity contribution in [3.63, 3.8) is 0 Å². The second kappa shape index (κ2) is 12.1. The van der Waals surface area contributed by atoms with Gasteiger partial charge in [0.1, 0.15) is 0 Å². The maximum atomic E-state index is 13.7. The first-order chi connectivity index (χ1) is 19.7. The van der Waals surface area contributed by atoms with Crippen LogP contribution in [0, 0.1) is 13.8 Å². The van der Waals surface area contributed by atoms with Gasteiger partial charge in [-0.2, -0.15) is 18.3 Å². The third-order valence-electron chi connectivity index (χ3n) is 7.36. The molecule has 8 nitrogen and oxygen atoms in total. The summed E-state index contributed by atoms with van der Waals surface area (Å²) in [7, 11) is 3.48. The van der Waals surface area contributed by atoms with Crippen molar-refractivity contribution >= 4 is 23.0 Å². The SMILES string of the molecule is CNN(/C=C(\N)c1cnn(C)c1C)c1cc(C(=O)Nc2cc(CN3CCC(F)(F)CC3)cc(C(F)(F)F)c2)ccc1C. The average Bonchev–Trinajstić information content (AvgIpc) is 3.26. The van der Waals surface area contributed by atoms with Crippen molar-refractivity contribution in [1.29, 1.82) is 0 Å². The highest BCUT2D eigenvalue weighted by Gasteiger charge is 2.35. The molecule has 0 bridgehead atoms. The second-order valence-electron chi connectivity index (χ2n) is 10.4. The van der Waals surface area contributed by atoms with E-state index in [0.717, 1.165) is 29.0 Å². The van der Waals surface area contributed by atoms with E-state index in [-0.39, 0.29) is 49.3 Å². The standard InChI is InChI=1S/C29H34F5N7O/c1-18-5-6-21(13-26(18)41(36-3)17-25(35)24-15-37-39(4)19(24)2)27(42)38-23-12-20(11-22(14-23)29(32,33)34)16-40-9-7-28(30,31)8-10-40/h5-6,11-15,17,36H,7-10,16,35H2,1-4H3,(H,38,42)/b25-17-. The predicted molar refractivity (Wildman–Crippen MR) is 152 cm³/mol. The van der Waals surface area contributed by atoms with Crippen molar-refractivity contribution in [2.75, 3.05) is 30.5 Å². The van der Waals surface area contributed by atoms with Crippen LogP contribution in [-0.4, -0.2) is 46.6 Å². The number of rotatable bonds is 8. The number of nitrogens with two attached hydrogens (primary N) is 1. The molecule has 4 rings (SSSR count). The molecule has 0 radical (unpaired) electrons. The highest BCUT2D eigenvalue weighted by Crippen LogP contribution is 2.34. The van der Waals surface area contributed by atoms with Crippen LogP contribution in [0.1, 0.15) is 51.1 Å². The molecule has 1 aliphatic rings. The van der Waals surface area contributed by atoms with E-state index >= 15 is 0 Å². The number of halogens is 5. The van der Waals surface area contributed by atoms with Gasteiger partial charge in [-0.05, 0) is 55.3 Å². The summed E-state index contributed by atoms with van der Waals surface area (Å²) in [5.41, 5.74) is 12.3. The number of carbonyl (C=O) groups excluding carboxylic acids is 1. The Hall–Kier alpha value is -3.97. The lowest BCUT2D eigenvalue weighted by Crippen LogP contribution is -2.38. The lowest BCUT2D eigenvalue weighted by atomic mass is 10.0. The lowest BCUT2D eigenvalue weighted by molar-refractivity contribution is -0.137. The number of likely N-dealkylation sites (tertiary alicyclic amines) is 1. The van der Waals surface area contributed by atoms with Gasteiger partial charge in [0.25, 0.3) is 11.8 Å². The Morgan fingerprint density at radius 3 is 2.43 bits per heavy atom. The summed E-state index contributed by atoms with van der Waals surface area (Å²) in [6, 6.07) is 8.18. The molecular formula is C29H34F5N7O. The molecule has 0 aliphatic carbocycles. The number of alkyl halides is 5. The maximum absolute atomic E-state index is 13.7. The Kier molecular flexibility index (Phi) is 8.92. The molecule has 4 N–H and O–H groups in total. The second-order valence-corrected chi connectivity index (χ2v) is 10.4. The van der Waals surface area contributed by atoms with Gasteiger partial charge in [0.2, 0.25) is 0 Å². The van der Waals surface area contributed by atoms with Gasteiger partial charge in [0.15, 0.2) is 0 Å².